The third-order valence-corrected chi connectivity index (χ3v) is 8.07. The summed E-state index contributed by atoms with van der Waals surface area (Å²) in [6.07, 6.45) is -2.67. The Kier molecular flexibility index (Phi) is 8.18. The molecule has 2 aromatic carbocycles. The fourth-order valence-electron chi connectivity index (χ4n) is 3.22. The number of aromatic nitrogens is 6. The third kappa shape index (κ3) is 5.42. The van der Waals surface area contributed by atoms with E-state index in [9.17, 15) is 10.2 Å². The van der Waals surface area contributed by atoms with Gasteiger partial charge in [0.05, 0.1) is 0 Å². The summed E-state index contributed by atoms with van der Waals surface area (Å²) in [4.78, 5) is 0. The van der Waals surface area contributed by atoms with Crippen LogP contribution in [0, 0.1) is 0 Å². The highest BCUT2D eigenvalue weighted by Crippen LogP contribution is 2.32. The number of hydrogen-bond donors (Lipinski definition) is 2. The molecule has 4 aromatic rings. The van der Waals surface area contributed by atoms with Crippen LogP contribution in [0.2, 0.25) is 10.0 Å². The molecule has 0 aliphatic heterocycles. The lowest BCUT2D eigenvalue weighted by molar-refractivity contribution is 0.00246. The number of benzene rings is 2. The van der Waals surface area contributed by atoms with E-state index >= 15 is 0 Å². The predicted octanol–water partition coefficient (Wildman–Crippen LogP) is 4.60. The van der Waals surface area contributed by atoms with Crippen molar-refractivity contribution in [2.75, 3.05) is 0 Å². The minimum atomic E-state index is -1.34. The topological polar surface area (TPSA) is 102 Å². The Bertz CT molecular complexity index is 1180. The maximum absolute atomic E-state index is 10.8. The molecule has 0 bridgehead atoms. The van der Waals surface area contributed by atoms with Crippen LogP contribution in [-0.2, 0) is 25.6 Å². The zero-order valence-corrected chi connectivity index (χ0v) is 21.5. The van der Waals surface area contributed by atoms with E-state index in [4.69, 9.17) is 23.2 Å². The quantitative estimate of drug-likeness (QED) is 0.299. The first-order valence-corrected chi connectivity index (χ1v) is 13.0. The van der Waals surface area contributed by atoms with Gasteiger partial charge in [-0.05, 0) is 23.3 Å². The van der Waals surface area contributed by atoms with Crippen molar-refractivity contribution in [2.24, 2.45) is 14.1 Å². The summed E-state index contributed by atoms with van der Waals surface area (Å²) in [5.41, 5.74) is 1.94. The highest BCUT2D eigenvalue weighted by molar-refractivity contribution is 7.98. The molecule has 0 radical (unpaired) electrons. The molecule has 2 N–H and O–H groups in total. The molecule has 178 valence electrons. The predicted molar refractivity (Wildman–Crippen MR) is 134 cm³/mol. The monoisotopic (exact) mass is 536 g/mol. The summed E-state index contributed by atoms with van der Waals surface area (Å²) in [5, 5.41) is 40.7. The first-order chi connectivity index (χ1) is 16.4. The van der Waals surface area contributed by atoms with Crippen LogP contribution in [0.5, 0.6) is 0 Å². The standard InChI is InChI=1S/C22H22Cl2N6O2S2/c1-29-19(25-27-21(29)33-11-13-7-3-5-9-15(13)23)17(31)18(32)20-26-28-22(30(20)2)34-12-14-8-4-6-10-16(14)24/h3-10,17-18,31-32H,11-12H2,1-2H3/t17-,18-/m1/s1. The second-order valence-electron chi connectivity index (χ2n) is 7.45. The summed E-state index contributed by atoms with van der Waals surface area (Å²) in [5.74, 6) is 1.64. The van der Waals surface area contributed by atoms with Gasteiger partial charge < -0.3 is 19.3 Å². The Morgan fingerprint density at radius 3 is 1.47 bits per heavy atom. The van der Waals surface area contributed by atoms with E-state index in [1.54, 1.807) is 23.2 Å². The van der Waals surface area contributed by atoms with Crippen LogP contribution < -0.4 is 0 Å². The van der Waals surface area contributed by atoms with Crippen LogP contribution in [0.3, 0.4) is 0 Å². The minimum absolute atomic E-state index is 0.224. The van der Waals surface area contributed by atoms with E-state index in [-0.39, 0.29) is 11.6 Å². The molecule has 8 nitrogen and oxygen atoms in total. The van der Waals surface area contributed by atoms with Gasteiger partial charge in [-0.1, -0.05) is 83.1 Å². The van der Waals surface area contributed by atoms with Crippen molar-refractivity contribution < 1.29 is 10.2 Å². The number of rotatable bonds is 9. The Balaban J connectivity index is 1.44. The van der Waals surface area contributed by atoms with E-state index < -0.39 is 12.2 Å². The third-order valence-electron chi connectivity index (χ3n) is 5.19. The van der Waals surface area contributed by atoms with Crippen LogP contribution >= 0.6 is 46.7 Å². The second kappa shape index (κ2) is 11.1. The fraction of sp³-hybridized carbons (Fsp3) is 0.273. The summed E-state index contributed by atoms with van der Waals surface area (Å²) < 4.78 is 3.30. The smallest absolute Gasteiger partial charge is 0.191 e. The number of hydrogen-bond acceptors (Lipinski definition) is 8. The number of thioether (sulfide) groups is 2. The maximum atomic E-state index is 10.8. The molecule has 0 fully saturated rings. The molecular weight excluding hydrogens is 515 g/mol. The summed E-state index contributed by atoms with van der Waals surface area (Å²) in [6, 6.07) is 15.2. The van der Waals surface area contributed by atoms with Gasteiger partial charge in [-0.2, -0.15) is 0 Å². The highest BCUT2D eigenvalue weighted by atomic mass is 35.5. The van der Waals surface area contributed by atoms with E-state index in [0.717, 1.165) is 11.1 Å². The number of nitrogens with zero attached hydrogens (tertiary/aromatic N) is 6. The van der Waals surface area contributed by atoms with Crippen LogP contribution in [0.15, 0.2) is 58.8 Å². The summed E-state index contributed by atoms with van der Waals surface area (Å²) in [7, 11) is 3.48. The first kappa shape index (κ1) is 25.0. The molecule has 12 heteroatoms. The molecule has 0 aliphatic rings. The number of aliphatic hydroxyl groups excluding tert-OH is 2. The Morgan fingerprint density at radius 1 is 0.706 bits per heavy atom. The molecule has 0 aliphatic carbocycles. The van der Waals surface area contributed by atoms with E-state index in [1.807, 2.05) is 48.5 Å². The van der Waals surface area contributed by atoms with Gasteiger partial charge >= 0.3 is 0 Å². The second-order valence-corrected chi connectivity index (χ2v) is 10.1. The van der Waals surface area contributed by atoms with Gasteiger partial charge in [-0.25, -0.2) is 0 Å². The van der Waals surface area contributed by atoms with Crippen LogP contribution in [0.4, 0.5) is 0 Å². The Morgan fingerprint density at radius 2 is 1.09 bits per heavy atom. The van der Waals surface area contributed by atoms with E-state index in [1.165, 1.54) is 23.5 Å². The van der Waals surface area contributed by atoms with Crippen molar-refractivity contribution in [3.05, 3.63) is 81.4 Å². The number of halogens is 2. The lowest BCUT2D eigenvalue weighted by atomic mass is 10.2. The van der Waals surface area contributed by atoms with Crippen LogP contribution in [0.1, 0.15) is 35.0 Å². The first-order valence-electron chi connectivity index (χ1n) is 10.2. The molecule has 4 rings (SSSR count). The van der Waals surface area contributed by atoms with Crippen LogP contribution in [-0.4, -0.2) is 39.7 Å². The lowest BCUT2D eigenvalue weighted by Gasteiger charge is -2.16. The van der Waals surface area contributed by atoms with Gasteiger partial charge in [0.25, 0.3) is 0 Å². The van der Waals surface area contributed by atoms with Gasteiger partial charge in [-0.15, -0.1) is 20.4 Å². The van der Waals surface area contributed by atoms with Gasteiger partial charge in [0, 0.05) is 35.6 Å². The number of aliphatic hydroxyl groups is 2. The molecule has 0 saturated carbocycles. The Labute approximate surface area is 215 Å². The zero-order chi connectivity index (χ0) is 24.2. The molecular formula is C22H22Cl2N6O2S2. The van der Waals surface area contributed by atoms with Gasteiger partial charge in [0.2, 0.25) is 0 Å². The minimum Gasteiger partial charge on any atom is -0.382 e. The van der Waals surface area contributed by atoms with Crippen molar-refractivity contribution in [1.82, 2.24) is 29.5 Å². The van der Waals surface area contributed by atoms with Crippen molar-refractivity contribution >= 4 is 46.7 Å². The van der Waals surface area contributed by atoms with Gasteiger partial charge in [0.1, 0.15) is 12.2 Å². The zero-order valence-electron chi connectivity index (χ0n) is 18.3. The van der Waals surface area contributed by atoms with Gasteiger partial charge in [-0.3, -0.25) is 0 Å². The van der Waals surface area contributed by atoms with Crippen molar-refractivity contribution in [3.63, 3.8) is 0 Å². The molecule has 34 heavy (non-hydrogen) atoms. The van der Waals surface area contributed by atoms with Crippen molar-refractivity contribution in [1.29, 1.82) is 0 Å². The lowest BCUT2D eigenvalue weighted by Crippen LogP contribution is -2.18. The van der Waals surface area contributed by atoms with Gasteiger partial charge in [0.15, 0.2) is 22.0 Å². The summed E-state index contributed by atoms with van der Waals surface area (Å²) in [6.45, 7) is 0. The molecule has 2 atom stereocenters. The average Bonchev–Trinajstić information content (AvgIpc) is 3.39. The SMILES string of the molecule is Cn1c(SCc2ccccc2Cl)nnc1[C@H](O)[C@@H](O)c1nnc(SCc2ccccc2Cl)n1C. The summed E-state index contributed by atoms with van der Waals surface area (Å²) >= 11 is 15.3. The van der Waals surface area contributed by atoms with Crippen molar-refractivity contribution in [2.45, 2.75) is 34.0 Å². The van der Waals surface area contributed by atoms with E-state index in [0.29, 0.717) is 31.9 Å². The Hall–Kier alpha value is -2.08. The normalized spacial score (nSPS) is 13.2. The fourth-order valence-corrected chi connectivity index (χ4v) is 5.62. The molecule has 0 saturated heterocycles. The van der Waals surface area contributed by atoms with Crippen molar-refractivity contribution in [3.8, 4) is 0 Å². The maximum Gasteiger partial charge on any atom is 0.191 e. The molecule has 2 heterocycles. The highest BCUT2D eigenvalue weighted by Gasteiger charge is 2.30. The molecule has 0 spiro atoms. The molecule has 2 aromatic heterocycles. The van der Waals surface area contributed by atoms with E-state index in [2.05, 4.69) is 20.4 Å². The largest absolute Gasteiger partial charge is 0.382 e. The average molecular weight is 537 g/mol. The van der Waals surface area contributed by atoms with Crippen LogP contribution in [0.25, 0.3) is 0 Å². The molecule has 0 unspecified atom stereocenters. The molecule has 0 amide bonds.